The number of aliphatic hydroxyl groups is 1. The predicted molar refractivity (Wildman–Crippen MR) is 71.8 cm³/mol. The van der Waals surface area contributed by atoms with Gasteiger partial charge >= 0.3 is 6.09 Å². The number of aliphatic hydroxyl groups excluding tert-OH is 1. The maximum Gasteiger partial charge on any atom is 0.410 e. The first-order valence-corrected chi connectivity index (χ1v) is 6.97. The number of piperidine rings is 1. The molecule has 0 radical (unpaired) electrons. The fourth-order valence-electron chi connectivity index (χ4n) is 2.90. The van der Waals surface area contributed by atoms with Crippen LogP contribution in [0.2, 0.25) is 0 Å². The third kappa shape index (κ3) is 2.94. The average molecular weight is 277 g/mol. The maximum absolute atomic E-state index is 12.1. The van der Waals surface area contributed by atoms with Gasteiger partial charge in [0.2, 0.25) is 0 Å². The fourth-order valence-corrected chi connectivity index (χ4v) is 2.90. The molecule has 108 valence electrons. The number of carbonyl (C=O) groups is 1. The number of rotatable bonds is 2. The summed E-state index contributed by atoms with van der Waals surface area (Å²) in [7, 11) is 0. The molecule has 2 saturated heterocycles. The molecule has 2 heterocycles. The predicted octanol–water partition coefficient (Wildman–Crippen LogP) is 1.61. The minimum Gasteiger partial charge on any atom is -0.445 e. The van der Waals surface area contributed by atoms with Gasteiger partial charge in [-0.3, -0.25) is 0 Å². The molecule has 2 aliphatic heterocycles. The van der Waals surface area contributed by atoms with Gasteiger partial charge in [-0.1, -0.05) is 30.3 Å². The van der Waals surface area contributed by atoms with Crippen molar-refractivity contribution in [3.63, 3.8) is 0 Å². The molecule has 1 N–H and O–H groups in total. The molecule has 3 atom stereocenters. The quantitative estimate of drug-likeness (QED) is 0.892. The van der Waals surface area contributed by atoms with Gasteiger partial charge in [-0.25, -0.2) is 4.79 Å². The highest BCUT2D eigenvalue weighted by Gasteiger charge is 2.38. The van der Waals surface area contributed by atoms with E-state index in [9.17, 15) is 9.90 Å². The van der Waals surface area contributed by atoms with E-state index in [4.69, 9.17) is 9.47 Å². The highest BCUT2D eigenvalue weighted by atomic mass is 16.6. The van der Waals surface area contributed by atoms with Gasteiger partial charge in [-0.2, -0.15) is 0 Å². The summed E-state index contributed by atoms with van der Waals surface area (Å²) in [4.78, 5) is 13.8. The van der Waals surface area contributed by atoms with Crippen LogP contribution in [0, 0.1) is 11.8 Å². The molecule has 5 heteroatoms. The number of likely N-dealkylation sites (tertiary alicyclic amines) is 1. The van der Waals surface area contributed by atoms with Crippen LogP contribution < -0.4 is 0 Å². The van der Waals surface area contributed by atoms with Crippen molar-refractivity contribution >= 4 is 6.09 Å². The standard InChI is InChI=1S/C15H19NO4/c17-14-13-6-12(10-19-14)7-16(8-13)15(18)20-9-11-4-2-1-3-5-11/h1-5,12-14,17H,6-10H2/t12-,13+,14?/m0/s1. The first-order valence-electron chi connectivity index (χ1n) is 6.97. The summed E-state index contributed by atoms with van der Waals surface area (Å²) in [5.74, 6) is 0.313. The lowest BCUT2D eigenvalue weighted by molar-refractivity contribution is -0.193. The number of nitrogens with zero attached hydrogens (tertiary/aromatic N) is 1. The third-order valence-electron chi connectivity index (χ3n) is 3.94. The van der Waals surface area contributed by atoms with Crippen molar-refractivity contribution in [1.82, 2.24) is 4.90 Å². The van der Waals surface area contributed by atoms with E-state index >= 15 is 0 Å². The number of carbonyl (C=O) groups excluding carboxylic acids is 1. The van der Waals surface area contributed by atoms with Gasteiger partial charge in [0.15, 0.2) is 6.29 Å². The van der Waals surface area contributed by atoms with Crippen LogP contribution in [0.25, 0.3) is 0 Å². The second-order valence-corrected chi connectivity index (χ2v) is 5.53. The molecule has 20 heavy (non-hydrogen) atoms. The first kappa shape index (κ1) is 13.4. The van der Waals surface area contributed by atoms with Crippen LogP contribution in [-0.2, 0) is 16.1 Å². The van der Waals surface area contributed by atoms with Crippen molar-refractivity contribution in [1.29, 1.82) is 0 Å². The summed E-state index contributed by atoms with van der Waals surface area (Å²) in [6.07, 6.45) is -0.141. The Morgan fingerprint density at radius 2 is 2.15 bits per heavy atom. The van der Waals surface area contributed by atoms with Crippen LogP contribution in [0.3, 0.4) is 0 Å². The van der Waals surface area contributed by atoms with E-state index in [1.54, 1.807) is 4.90 Å². The largest absolute Gasteiger partial charge is 0.445 e. The van der Waals surface area contributed by atoms with Gasteiger partial charge in [-0.15, -0.1) is 0 Å². The van der Waals surface area contributed by atoms with Crippen molar-refractivity contribution in [2.45, 2.75) is 19.3 Å². The number of fused-ring (bicyclic) bond motifs is 2. The molecule has 0 aliphatic carbocycles. The van der Waals surface area contributed by atoms with Crippen molar-refractivity contribution in [2.24, 2.45) is 11.8 Å². The Bertz CT molecular complexity index is 464. The third-order valence-corrected chi connectivity index (χ3v) is 3.94. The SMILES string of the molecule is O=C(OCc1ccccc1)N1C[C@H]2COC(O)[C@H](C2)C1. The molecular weight excluding hydrogens is 258 g/mol. The molecule has 5 nitrogen and oxygen atoms in total. The molecule has 0 aromatic heterocycles. The number of ether oxygens (including phenoxy) is 2. The Balaban J connectivity index is 1.55. The van der Waals surface area contributed by atoms with Gasteiger partial charge in [-0.05, 0) is 12.0 Å². The van der Waals surface area contributed by atoms with Crippen molar-refractivity contribution in [2.75, 3.05) is 19.7 Å². The van der Waals surface area contributed by atoms with Crippen LogP contribution in [0.1, 0.15) is 12.0 Å². The second-order valence-electron chi connectivity index (χ2n) is 5.53. The van der Waals surface area contributed by atoms with Crippen LogP contribution in [-0.4, -0.2) is 42.1 Å². The number of amides is 1. The number of hydrogen-bond acceptors (Lipinski definition) is 4. The lowest BCUT2D eigenvalue weighted by Gasteiger charge is -2.42. The maximum atomic E-state index is 12.1. The van der Waals surface area contributed by atoms with Crippen molar-refractivity contribution in [3.8, 4) is 0 Å². The number of hydrogen-bond donors (Lipinski definition) is 1. The molecule has 2 aliphatic rings. The normalized spacial score (nSPS) is 29.1. The lowest BCUT2D eigenvalue weighted by Crippen LogP contribution is -2.52. The molecule has 1 aromatic carbocycles. The highest BCUT2D eigenvalue weighted by Crippen LogP contribution is 2.30. The summed E-state index contributed by atoms with van der Waals surface area (Å²) < 4.78 is 10.6. The minimum atomic E-state index is -0.754. The Morgan fingerprint density at radius 1 is 1.35 bits per heavy atom. The van der Waals surface area contributed by atoms with Gasteiger partial charge in [0, 0.05) is 24.9 Å². The Kier molecular flexibility index (Phi) is 3.89. The smallest absolute Gasteiger partial charge is 0.410 e. The zero-order valence-electron chi connectivity index (χ0n) is 11.3. The Morgan fingerprint density at radius 3 is 2.95 bits per heavy atom. The van der Waals surface area contributed by atoms with Gasteiger partial charge < -0.3 is 19.5 Å². The van der Waals surface area contributed by atoms with Gasteiger partial charge in [0.1, 0.15) is 6.61 Å². The zero-order valence-corrected chi connectivity index (χ0v) is 11.3. The summed E-state index contributed by atoms with van der Waals surface area (Å²) in [6, 6.07) is 9.62. The number of benzene rings is 1. The van der Waals surface area contributed by atoms with Crippen molar-refractivity contribution in [3.05, 3.63) is 35.9 Å². The molecule has 1 aromatic rings. The molecular formula is C15H19NO4. The zero-order chi connectivity index (χ0) is 13.9. The van der Waals surface area contributed by atoms with Crippen LogP contribution in [0.15, 0.2) is 30.3 Å². The van der Waals surface area contributed by atoms with Crippen molar-refractivity contribution < 1.29 is 19.4 Å². The van der Waals surface area contributed by atoms with E-state index in [1.165, 1.54) is 0 Å². The lowest BCUT2D eigenvalue weighted by atomic mass is 9.87. The summed E-state index contributed by atoms with van der Waals surface area (Å²) >= 11 is 0. The Hall–Kier alpha value is -1.59. The highest BCUT2D eigenvalue weighted by molar-refractivity contribution is 5.67. The first-order chi connectivity index (χ1) is 9.72. The molecule has 3 rings (SSSR count). The molecule has 0 saturated carbocycles. The monoisotopic (exact) mass is 277 g/mol. The van der Waals surface area contributed by atoms with E-state index in [0.29, 0.717) is 25.6 Å². The summed E-state index contributed by atoms with van der Waals surface area (Å²) in [5, 5.41) is 9.73. The molecule has 2 fully saturated rings. The molecule has 1 unspecified atom stereocenters. The van der Waals surface area contributed by atoms with Gasteiger partial charge in [0.25, 0.3) is 0 Å². The van der Waals surface area contributed by atoms with Crippen LogP contribution >= 0.6 is 0 Å². The minimum absolute atomic E-state index is 0.00627. The van der Waals surface area contributed by atoms with Crippen LogP contribution in [0.5, 0.6) is 0 Å². The molecule has 2 bridgehead atoms. The summed E-state index contributed by atoms with van der Waals surface area (Å²) in [6.45, 7) is 1.95. The Labute approximate surface area is 118 Å². The van der Waals surface area contributed by atoms with E-state index in [0.717, 1.165) is 12.0 Å². The van der Waals surface area contributed by atoms with E-state index in [-0.39, 0.29) is 18.6 Å². The van der Waals surface area contributed by atoms with Crippen LogP contribution in [0.4, 0.5) is 4.79 Å². The molecule has 1 amide bonds. The van der Waals surface area contributed by atoms with E-state index in [1.807, 2.05) is 30.3 Å². The van der Waals surface area contributed by atoms with Gasteiger partial charge in [0.05, 0.1) is 6.61 Å². The second kappa shape index (κ2) is 5.81. The fraction of sp³-hybridized carbons (Fsp3) is 0.533. The topological polar surface area (TPSA) is 59.0 Å². The average Bonchev–Trinajstić information content (AvgIpc) is 2.50. The summed E-state index contributed by atoms with van der Waals surface area (Å²) in [5.41, 5.74) is 0.974. The molecule has 0 spiro atoms. The van der Waals surface area contributed by atoms with E-state index < -0.39 is 6.29 Å². The van der Waals surface area contributed by atoms with E-state index in [2.05, 4.69) is 0 Å².